The van der Waals surface area contributed by atoms with Gasteiger partial charge >= 0.3 is 12.1 Å². The van der Waals surface area contributed by atoms with Crippen molar-refractivity contribution in [2.24, 2.45) is 5.10 Å². The number of halogens is 3. The van der Waals surface area contributed by atoms with E-state index in [2.05, 4.69) is 20.2 Å². The smallest absolute Gasteiger partial charge is 0.453 e. The quantitative estimate of drug-likeness (QED) is 0.617. The van der Waals surface area contributed by atoms with Crippen LogP contribution in [0.4, 0.5) is 13.2 Å². The largest absolute Gasteiger partial charge is 0.482 e. The number of aromatic nitrogens is 3. The number of esters is 1. The summed E-state index contributed by atoms with van der Waals surface area (Å²) in [7, 11) is 0. The molecule has 3 heterocycles. The molecule has 1 aromatic carbocycles. The fourth-order valence-corrected chi connectivity index (χ4v) is 4.18. The number of alkyl halides is 3. The van der Waals surface area contributed by atoms with Crippen molar-refractivity contribution in [1.82, 2.24) is 19.8 Å². The Hall–Kier alpha value is -3.11. The number of hydrogen-bond donors (Lipinski definition) is 0. The van der Waals surface area contributed by atoms with Crippen LogP contribution in [0, 0.1) is 0 Å². The van der Waals surface area contributed by atoms with E-state index in [1.807, 2.05) is 24.3 Å². The predicted octanol–water partition coefficient (Wildman–Crippen LogP) is 4.00. The number of amidine groups is 1. The van der Waals surface area contributed by atoms with Crippen molar-refractivity contribution in [2.75, 3.05) is 19.7 Å². The molecule has 8 nitrogen and oxygen atoms in total. The summed E-state index contributed by atoms with van der Waals surface area (Å²) in [6, 6.07) is 7.65. The number of fused-ring (bicyclic) bond motifs is 1. The molecule has 0 atom stereocenters. The zero-order valence-corrected chi connectivity index (χ0v) is 19.4. The molecule has 34 heavy (non-hydrogen) atoms. The van der Waals surface area contributed by atoms with Gasteiger partial charge in [0.25, 0.3) is 5.82 Å². The average Bonchev–Trinajstić information content (AvgIpc) is 3.21. The number of benzene rings is 1. The highest BCUT2D eigenvalue weighted by Crippen LogP contribution is 2.32. The fourth-order valence-electron chi connectivity index (χ4n) is 4.18. The second-order valence-corrected chi connectivity index (χ2v) is 9.47. The van der Waals surface area contributed by atoms with Crippen LogP contribution in [-0.4, -0.2) is 56.9 Å². The number of carbonyl (C=O) groups is 1. The lowest BCUT2D eigenvalue weighted by Gasteiger charge is -2.35. The Bertz CT molecular complexity index is 1050. The summed E-state index contributed by atoms with van der Waals surface area (Å²) in [5.74, 6) is 0.298. The first-order chi connectivity index (χ1) is 16.0. The topological polar surface area (TPSA) is 81.8 Å². The van der Waals surface area contributed by atoms with Gasteiger partial charge in [0, 0.05) is 25.9 Å². The molecule has 0 spiro atoms. The molecule has 2 aliphatic rings. The SMILES string of the molecule is CC(C)(C)OC(=O)COc1ccc(C2CCN(C3=Nn4c(nnc4C(F)(F)F)CC3)CC2)cc1. The van der Waals surface area contributed by atoms with Crippen molar-refractivity contribution in [3.05, 3.63) is 41.5 Å². The standard InChI is InChI=1S/C23H28F3N5O3/c1-22(2,3)34-20(32)14-33-17-6-4-15(5-7-17)16-10-12-30(13-11-16)19-9-8-18-27-28-21(23(24,25)26)31(18)29-19/h4-7,16H,8-14H2,1-3H3. The lowest BCUT2D eigenvalue weighted by atomic mass is 9.89. The van der Waals surface area contributed by atoms with Gasteiger partial charge in [0.05, 0.1) is 0 Å². The summed E-state index contributed by atoms with van der Waals surface area (Å²) in [6.45, 7) is 6.67. The summed E-state index contributed by atoms with van der Waals surface area (Å²) in [5, 5.41) is 11.1. The number of likely N-dealkylation sites (tertiary alicyclic amines) is 1. The Morgan fingerprint density at radius 3 is 2.35 bits per heavy atom. The number of ether oxygens (including phenoxy) is 2. The maximum absolute atomic E-state index is 13.2. The molecule has 0 N–H and O–H groups in total. The second-order valence-electron chi connectivity index (χ2n) is 9.47. The highest BCUT2D eigenvalue weighted by Gasteiger charge is 2.40. The van der Waals surface area contributed by atoms with E-state index in [4.69, 9.17) is 9.47 Å². The molecule has 11 heteroatoms. The summed E-state index contributed by atoms with van der Waals surface area (Å²) >= 11 is 0. The number of piperidine rings is 1. The van der Waals surface area contributed by atoms with E-state index >= 15 is 0 Å². The van der Waals surface area contributed by atoms with Crippen molar-refractivity contribution in [3.63, 3.8) is 0 Å². The third-order valence-corrected chi connectivity index (χ3v) is 5.73. The van der Waals surface area contributed by atoms with Gasteiger partial charge in [-0.25, -0.2) is 4.79 Å². The number of rotatable bonds is 4. The number of carbonyl (C=O) groups excluding carboxylic acids is 1. The Balaban J connectivity index is 1.32. The minimum absolute atomic E-state index is 0.151. The van der Waals surface area contributed by atoms with Gasteiger partial charge in [-0.15, -0.1) is 10.2 Å². The van der Waals surface area contributed by atoms with E-state index in [1.165, 1.54) is 0 Å². The van der Waals surface area contributed by atoms with Gasteiger partial charge in [0.15, 0.2) is 12.4 Å². The maximum Gasteiger partial charge on any atom is 0.453 e. The van der Waals surface area contributed by atoms with Gasteiger partial charge in [-0.3, -0.25) is 0 Å². The van der Waals surface area contributed by atoms with Crippen LogP contribution < -0.4 is 4.74 Å². The highest BCUT2D eigenvalue weighted by molar-refractivity contribution is 5.83. The molecule has 0 aliphatic carbocycles. The normalized spacial score (nSPS) is 17.2. The van der Waals surface area contributed by atoms with Gasteiger partial charge in [-0.1, -0.05) is 12.1 Å². The van der Waals surface area contributed by atoms with Crippen molar-refractivity contribution in [2.45, 2.75) is 64.1 Å². The van der Waals surface area contributed by atoms with Crippen LogP contribution in [0.3, 0.4) is 0 Å². The fraction of sp³-hybridized carbons (Fsp3) is 0.565. The third kappa shape index (κ3) is 5.68. The molecular formula is C23H28F3N5O3. The number of aryl methyl sites for hydroxylation is 1. The van der Waals surface area contributed by atoms with Crippen molar-refractivity contribution in [1.29, 1.82) is 0 Å². The maximum atomic E-state index is 13.2. The highest BCUT2D eigenvalue weighted by atomic mass is 19.4. The summed E-state index contributed by atoms with van der Waals surface area (Å²) in [4.78, 5) is 13.9. The van der Waals surface area contributed by atoms with Crippen LogP contribution >= 0.6 is 0 Å². The average molecular weight is 480 g/mol. The van der Waals surface area contributed by atoms with Gasteiger partial charge in [0.2, 0.25) is 0 Å². The van der Waals surface area contributed by atoms with E-state index in [0.29, 0.717) is 43.4 Å². The minimum Gasteiger partial charge on any atom is -0.482 e. The van der Waals surface area contributed by atoms with Crippen molar-refractivity contribution < 1.29 is 27.4 Å². The predicted molar refractivity (Wildman–Crippen MR) is 118 cm³/mol. The van der Waals surface area contributed by atoms with E-state index in [1.54, 1.807) is 20.8 Å². The molecule has 0 radical (unpaired) electrons. The van der Waals surface area contributed by atoms with Gasteiger partial charge in [-0.2, -0.15) is 22.9 Å². The summed E-state index contributed by atoms with van der Waals surface area (Å²) in [5.41, 5.74) is 0.608. The third-order valence-electron chi connectivity index (χ3n) is 5.73. The first-order valence-corrected chi connectivity index (χ1v) is 11.3. The first-order valence-electron chi connectivity index (χ1n) is 11.3. The number of hydrogen-bond acceptors (Lipinski definition) is 7. The minimum atomic E-state index is -4.59. The molecule has 2 aliphatic heterocycles. The molecule has 2 aromatic rings. The molecule has 4 rings (SSSR count). The van der Waals surface area contributed by atoms with Gasteiger partial charge in [0.1, 0.15) is 17.2 Å². The zero-order valence-electron chi connectivity index (χ0n) is 19.4. The first kappa shape index (κ1) is 24.0. The second kappa shape index (κ2) is 9.27. The molecule has 1 fully saturated rings. The Kier molecular flexibility index (Phi) is 6.55. The van der Waals surface area contributed by atoms with E-state index in [-0.39, 0.29) is 12.4 Å². The Labute approximate surface area is 195 Å². The van der Waals surface area contributed by atoms with E-state index in [9.17, 15) is 18.0 Å². The molecule has 1 aromatic heterocycles. The van der Waals surface area contributed by atoms with Gasteiger partial charge < -0.3 is 14.4 Å². The summed E-state index contributed by atoms with van der Waals surface area (Å²) in [6.07, 6.45) is -1.94. The zero-order chi connectivity index (χ0) is 24.5. The molecule has 184 valence electrons. The lowest BCUT2D eigenvalue weighted by molar-refractivity contribution is -0.157. The van der Waals surface area contributed by atoms with Crippen LogP contribution in [0.25, 0.3) is 0 Å². The molecule has 1 saturated heterocycles. The van der Waals surface area contributed by atoms with Crippen LogP contribution in [-0.2, 0) is 22.1 Å². The number of nitrogens with zero attached hydrogens (tertiary/aromatic N) is 5. The van der Waals surface area contributed by atoms with Gasteiger partial charge in [-0.05, 0) is 57.2 Å². The lowest BCUT2D eigenvalue weighted by Crippen LogP contribution is -2.40. The van der Waals surface area contributed by atoms with Crippen LogP contribution in [0.2, 0.25) is 0 Å². The summed E-state index contributed by atoms with van der Waals surface area (Å²) < 4.78 is 51.1. The Morgan fingerprint density at radius 1 is 1.06 bits per heavy atom. The molecule has 0 unspecified atom stereocenters. The monoisotopic (exact) mass is 479 g/mol. The molecule has 0 saturated carbocycles. The van der Waals surface area contributed by atoms with Crippen LogP contribution in [0.5, 0.6) is 5.75 Å². The molecule has 0 bridgehead atoms. The van der Waals surface area contributed by atoms with Crippen molar-refractivity contribution in [3.8, 4) is 5.75 Å². The van der Waals surface area contributed by atoms with E-state index in [0.717, 1.165) is 23.1 Å². The Morgan fingerprint density at radius 2 is 1.74 bits per heavy atom. The molecule has 0 amide bonds. The van der Waals surface area contributed by atoms with Crippen LogP contribution in [0.1, 0.15) is 63.2 Å². The van der Waals surface area contributed by atoms with E-state index < -0.39 is 23.6 Å². The molecular weight excluding hydrogens is 451 g/mol. The van der Waals surface area contributed by atoms with Crippen LogP contribution in [0.15, 0.2) is 29.4 Å². The van der Waals surface area contributed by atoms with Crippen molar-refractivity contribution >= 4 is 11.8 Å².